The summed E-state index contributed by atoms with van der Waals surface area (Å²) in [6.07, 6.45) is 16.9. The topological polar surface area (TPSA) is 0 Å². The van der Waals surface area contributed by atoms with Crippen LogP contribution in [0.1, 0.15) is 97.8 Å². The van der Waals surface area contributed by atoms with E-state index in [4.69, 9.17) is 0 Å². The van der Waals surface area contributed by atoms with Gasteiger partial charge in [0.15, 0.2) is 0 Å². The first-order valence-corrected chi connectivity index (χ1v) is 8.51. The minimum absolute atomic E-state index is 0.820. The van der Waals surface area contributed by atoms with E-state index in [1.54, 1.807) is 0 Å². The summed E-state index contributed by atoms with van der Waals surface area (Å²) in [4.78, 5) is 0. The van der Waals surface area contributed by atoms with Crippen LogP contribution in [0.2, 0.25) is 0 Å². The van der Waals surface area contributed by atoms with Crippen LogP contribution in [0.3, 0.4) is 0 Å². The van der Waals surface area contributed by atoms with Crippen molar-refractivity contribution in [2.75, 3.05) is 0 Å². The van der Waals surface area contributed by atoms with Gasteiger partial charge in [0.25, 0.3) is 0 Å². The molecule has 0 nitrogen and oxygen atoms in total. The summed E-state index contributed by atoms with van der Waals surface area (Å²) >= 11 is 0. The Labute approximate surface area is 117 Å². The maximum absolute atomic E-state index is 4.07. The van der Waals surface area contributed by atoms with Crippen LogP contribution in [-0.4, -0.2) is 0 Å². The van der Waals surface area contributed by atoms with Crippen molar-refractivity contribution in [1.29, 1.82) is 0 Å². The van der Waals surface area contributed by atoms with E-state index < -0.39 is 0 Å². The molecular weight excluding hydrogens is 216 g/mol. The fourth-order valence-corrected chi connectivity index (χ4v) is 2.70. The molecule has 0 fully saturated rings. The molecule has 0 N–H and O–H groups in total. The van der Waals surface area contributed by atoms with E-state index >= 15 is 0 Å². The molecule has 0 bridgehead atoms. The van der Waals surface area contributed by atoms with Crippen LogP contribution in [0.5, 0.6) is 0 Å². The van der Waals surface area contributed by atoms with Gasteiger partial charge in [0.2, 0.25) is 0 Å². The second-order valence-electron chi connectivity index (χ2n) is 6.26. The molecule has 0 aliphatic heterocycles. The van der Waals surface area contributed by atoms with Crippen LogP contribution in [0.15, 0.2) is 0 Å². The van der Waals surface area contributed by atoms with E-state index in [0.717, 1.165) is 18.3 Å². The molecule has 18 heavy (non-hydrogen) atoms. The molecule has 0 heterocycles. The van der Waals surface area contributed by atoms with Gasteiger partial charge in [-0.15, -0.1) is 0 Å². The predicted octanol–water partition coefficient (Wildman–Crippen LogP) is 6.79. The standard InChI is InChI=1S/C18H37/c1-5-7-8-9-10-11-12-13-14-15-16-18(6-2)17(3)4/h17-18H,2,5-16H2,1,3-4H3. The molecule has 0 aliphatic carbocycles. The van der Waals surface area contributed by atoms with E-state index in [2.05, 4.69) is 27.7 Å². The molecule has 1 radical (unpaired) electrons. The van der Waals surface area contributed by atoms with Crippen molar-refractivity contribution in [3.63, 3.8) is 0 Å². The highest BCUT2D eigenvalue weighted by molar-refractivity contribution is 4.64. The SMILES string of the molecule is [CH2]CC(CCCCCCCCCCCC)C(C)C. The molecule has 0 aliphatic rings. The Morgan fingerprint density at radius 1 is 0.722 bits per heavy atom. The lowest BCUT2D eigenvalue weighted by Crippen LogP contribution is -2.07. The molecule has 0 saturated heterocycles. The van der Waals surface area contributed by atoms with Crippen molar-refractivity contribution < 1.29 is 0 Å². The van der Waals surface area contributed by atoms with Gasteiger partial charge in [-0.25, -0.2) is 0 Å². The molecule has 0 aromatic carbocycles. The van der Waals surface area contributed by atoms with Crippen LogP contribution in [0.25, 0.3) is 0 Å². The van der Waals surface area contributed by atoms with Gasteiger partial charge in [-0.05, 0) is 11.8 Å². The average molecular weight is 253 g/mol. The van der Waals surface area contributed by atoms with Gasteiger partial charge in [0, 0.05) is 0 Å². The molecule has 0 heteroatoms. The second kappa shape index (κ2) is 13.4. The van der Waals surface area contributed by atoms with Gasteiger partial charge >= 0.3 is 0 Å². The lowest BCUT2D eigenvalue weighted by Gasteiger charge is -2.18. The zero-order chi connectivity index (χ0) is 13.6. The monoisotopic (exact) mass is 253 g/mol. The van der Waals surface area contributed by atoms with Crippen LogP contribution in [0, 0.1) is 18.8 Å². The maximum atomic E-state index is 4.07. The third-order valence-corrected chi connectivity index (χ3v) is 4.24. The summed E-state index contributed by atoms with van der Waals surface area (Å²) in [5.41, 5.74) is 0. The number of rotatable bonds is 13. The van der Waals surface area contributed by atoms with E-state index in [1.807, 2.05) is 0 Å². The average Bonchev–Trinajstić information content (AvgIpc) is 2.35. The first kappa shape index (κ1) is 18.0. The Kier molecular flexibility index (Phi) is 13.4. The molecule has 1 atom stereocenters. The lowest BCUT2D eigenvalue weighted by atomic mass is 9.88. The molecule has 0 spiro atoms. The summed E-state index contributed by atoms with van der Waals surface area (Å²) in [5.74, 6) is 1.68. The summed E-state index contributed by atoms with van der Waals surface area (Å²) < 4.78 is 0. The van der Waals surface area contributed by atoms with Gasteiger partial charge in [-0.2, -0.15) is 0 Å². The normalized spacial score (nSPS) is 13.2. The Morgan fingerprint density at radius 3 is 1.56 bits per heavy atom. The Bertz CT molecular complexity index is 148. The first-order chi connectivity index (χ1) is 8.72. The third-order valence-electron chi connectivity index (χ3n) is 4.24. The van der Waals surface area contributed by atoms with Gasteiger partial charge in [-0.3, -0.25) is 0 Å². The van der Waals surface area contributed by atoms with Crippen LogP contribution >= 0.6 is 0 Å². The molecule has 0 saturated carbocycles. The highest BCUT2D eigenvalue weighted by atomic mass is 14.2. The predicted molar refractivity (Wildman–Crippen MR) is 84.8 cm³/mol. The molecule has 0 aromatic rings. The molecule has 0 aromatic heterocycles. The quantitative estimate of drug-likeness (QED) is 0.317. The van der Waals surface area contributed by atoms with E-state index in [0.29, 0.717) is 0 Å². The minimum Gasteiger partial charge on any atom is -0.0654 e. The summed E-state index contributed by atoms with van der Waals surface area (Å²) in [5, 5.41) is 0. The van der Waals surface area contributed by atoms with Crippen molar-refractivity contribution in [2.24, 2.45) is 11.8 Å². The molecular formula is C18H37. The van der Waals surface area contributed by atoms with Crippen molar-refractivity contribution >= 4 is 0 Å². The van der Waals surface area contributed by atoms with Crippen molar-refractivity contribution in [3.05, 3.63) is 6.92 Å². The third kappa shape index (κ3) is 11.1. The van der Waals surface area contributed by atoms with E-state index in [-0.39, 0.29) is 0 Å². The number of hydrogen-bond donors (Lipinski definition) is 0. The summed E-state index contributed by atoms with van der Waals surface area (Å²) in [6.45, 7) is 11.0. The Morgan fingerprint density at radius 2 is 1.17 bits per heavy atom. The van der Waals surface area contributed by atoms with Crippen LogP contribution in [-0.2, 0) is 0 Å². The summed E-state index contributed by atoms with van der Waals surface area (Å²) in [7, 11) is 0. The fraction of sp³-hybridized carbons (Fsp3) is 0.944. The Hall–Kier alpha value is 0. The summed E-state index contributed by atoms with van der Waals surface area (Å²) in [6, 6.07) is 0. The van der Waals surface area contributed by atoms with E-state index in [9.17, 15) is 0 Å². The van der Waals surface area contributed by atoms with Gasteiger partial charge in [-0.1, -0.05) is 105 Å². The van der Waals surface area contributed by atoms with Crippen molar-refractivity contribution in [1.82, 2.24) is 0 Å². The number of unbranched alkanes of at least 4 members (excludes halogenated alkanes) is 9. The van der Waals surface area contributed by atoms with Gasteiger partial charge in [0.05, 0.1) is 0 Å². The largest absolute Gasteiger partial charge is 0.0654 e. The molecule has 0 rings (SSSR count). The molecule has 1 unspecified atom stereocenters. The zero-order valence-corrected chi connectivity index (χ0v) is 13.3. The highest BCUT2D eigenvalue weighted by Crippen LogP contribution is 2.22. The fourth-order valence-electron chi connectivity index (χ4n) is 2.70. The van der Waals surface area contributed by atoms with Crippen LogP contribution in [0.4, 0.5) is 0 Å². The second-order valence-corrected chi connectivity index (χ2v) is 6.26. The lowest BCUT2D eigenvalue weighted by molar-refractivity contribution is 0.347. The minimum atomic E-state index is 0.820. The van der Waals surface area contributed by atoms with Gasteiger partial charge in [0.1, 0.15) is 0 Å². The first-order valence-electron chi connectivity index (χ1n) is 8.51. The molecule has 0 amide bonds. The van der Waals surface area contributed by atoms with Gasteiger partial charge < -0.3 is 0 Å². The smallest absolute Gasteiger partial charge is 0.0391 e. The van der Waals surface area contributed by atoms with Crippen molar-refractivity contribution in [3.8, 4) is 0 Å². The zero-order valence-electron chi connectivity index (χ0n) is 13.3. The molecule has 109 valence electrons. The van der Waals surface area contributed by atoms with Crippen molar-refractivity contribution in [2.45, 2.75) is 97.8 Å². The Balaban J connectivity index is 3.15. The highest BCUT2D eigenvalue weighted by Gasteiger charge is 2.09. The number of hydrogen-bond acceptors (Lipinski definition) is 0. The van der Waals surface area contributed by atoms with Crippen LogP contribution < -0.4 is 0 Å². The maximum Gasteiger partial charge on any atom is -0.0391 e. The van der Waals surface area contributed by atoms with E-state index in [1.165, 1.54) is 70.6 Å².